The maximum absolute atomic E-state index is 6.17. The Bertz CT molecular complexity index is 375. The Kier molecular flexibility index (Phi) is 6.54. The normalized spacial score (nSPS) is 12.5. The van der Waals surface area contributed by atoms with E-state index in [-0.39, 0.29) is 0 Å². The highest BCUT2D eigenvalue weighted by molar-refractivity contribution is 5.73. The van der Waals surface area contributed by atoms with Gasteiger partial charge in [0.05, 0.1) is 18.0 Å². The molecule has 0 aliphatic heterocycles. The van der Waals surface area contributed by atoms with Crippen LogP contribution in [0.2, 0.25) is 0 Å². The first-order valence-electron chi connectivity index (χ1n) is 7.41. The van der Waals surface area contributed by atoms with Crippen LogP contribution in [0.5, 0.6) is 5.75 Å². The molecule has 3 heteroatoms. The minimum Gasteiger partial charge on any atom is -0.491 e. The first-order valence-corrected chi connectivity index (χ1v) is 7.41. The summed E-state index contributed by atoms with van der Waals surface area (Å²) in [7, 11) is 0. The second-order valence-electron chi connectivity index (χ2n) is 5.08. The SMILES string of the molecule is CCCOc1cccc(NC(C)C(CC)CC)c1N. The molecule has 0 heterocycles. The van der Waals surface area contributed by atoms with Crippen LogP contribution in [0.3, 0.4) is 0 Å². The van der Waals surface area contributed by atoms with E-state index in [1.54, 1.807) is 0 Å². The van der Waals surface area contributed by atoms with Gasteiger partial charge >= 0.3 is 0 Å². The molecule has 0 spiro atoms. The Morgan fingerprint density at radius 2 is 1.89 bits per heavy atom. The van der Waals surface area contributed by atoms with Crippen LogP contribution in [-0.4, -0.2) is 12.6 Å². The number of anilines is 2. The maximum Gasteiger partial charge on any atom is 0.144 e. The molecule has 1 aromatic rings. The third-order valence-corrected chi connectivity index (χ3v) is 3.67. The fourth-order valence-corrected chi connectivity index (χ4v) is 2.37. The van der Waals surface area contributed by atoms with Crippen molar-refractivity contribution < 1.29 is 4.74 Å². The number of ether oxygens (including phenoxy) is 1. The number of nitrogens with one attached hydrogen (secondary N) is 1. The summed E-state index contributed by atoms with van der Waals surface area (Å²) in [5, 5.41) is 3.52. The monoisotopic (exact) mass is 264 g/mol. The zero-order chi connectivity index (χ0) is 14.3. The van der Waals surface area contributed by atoms with Gasteiger partial charge in [0.2, 0.25) is 0 Å². The van der Waals surface area contributed by atoms with Crippen molar-refractivity contribution >= 4 is 11.4 Å². The number of hydrogen-bond acceptors (Lipinski definition) is 3. The van der Waals surface area contributed by atoms with Crippen LogP contribution in [0, 0.1) is 5.92 Å². The lowest BCUT2D eigenvalue weighted by molar-refractivity contribution is 0.319. The first-order chi connectivity index (χ1) is 9.13. The molecule has 1 unspecified atom stereocenters. The molecule has 1 aromatic carbocycles. The highest BCUT2D eigenvalue weighted by atomic mass is 16.5. The topological polar surface area (TPSA) is 47.3 Å². The minimum atomic E-state index is 0.415. The molecule has 1 atom stereocenters. The van der Waals surface area contributed by atoms with Crippen molar-refractivity contribution in [2.45, 2.75) is 53.0 Å². The molecule has 108 valence electrons. The van der Waals surface area contributed by atoms with Gasteiger partial charge in [-0.25, -0.2) is 0 Å². The quantitative estimate of drug-likeness (QED) is 0.688. The van der Waals surface area contributed by atoms with E-state index in [0.717, 1.165) is 17.9 Å². The van der Waals surface area contributed by atoms with Gasteiger partial charge in [-0.05, 0) is 31.4 Å². The molecule has 0 bridgehead atoms. The van der Waals surface area contributed by atoms with Crippen LogP contribution in [0.25, 0.3) is 0 Å². The molecule has 19 heavy (non-hydrogen) atoms. The average molecular weight is 264 g/mol. The van der Waals surface area contributed by atoms with E-state index in [1.165, 1.54) is 12.8 Å². The summed E-state index contributed by atoms with van der Waals surface area (Å²) in [6, 6.07) is 6.35. The molecule has 0 saturated carbocycles. The van der Waals surface area contributed by atoms with Crippen LogP contribution >= 0.6 is 0 Å². The highest BCUT2D eigenvalue weighted by Gasteiger charge is 2.15. The molecule has 0 fully saturated rings. The third-order valence-electron chi connectivity index (χ3n) is 3.67. The van der Waals surface area contributed by atoms with Crippen molar-refractivity contribution in [2.24, 2.45) is 5.92 Å². The van der Waals surface area contributed by atoms with Crippen LogP contribution < -0.4 is 15.8 Å². The molecule has 0 amide bonds. The van der Waals surface area contributed by atoms with Gasteiger partial charge in [-0.3, -0.25) is 0 Å². The number of hydrogen-bond donors (Lipinski definition) is 2. The van der Waals surface area contributed by atoms with Gasteiger partial charge in [-0.2, -0.15) is 0 Å². The van der Waals surface area contributed by atoms with Gasteiger partial charge < -0.3 is 15.8 Å². The fraction of sp³-hybridized carbons (Fsp3) is 0.625. The predicted molar refractivity (Wildman–Crippen MR) is 83.8 cm³/mol. The summed E-state index contributed by atoms with van der Waals surface area (Å²) < 4.78 is 5.66. The van der Waals surface area contributed by atoms with Gasteiger partial charge in [0.25, 0.3) is 0 Å². The van der Waals surface area contributed by atoms with Crippen molar-refractivity contribution in [1.82, 2.24) is 0 Å². The standard InChI is InChI=1S/C16H28N2O/c1-5-11-19-15-10-8-9-14(16(15)17)18-12(4)13(6-2)7-3/h8-10,12-13,18H,5-7,11,17H2,1-4H3. The van der Waals surface area contributed by atoms with Crippen LogP contribution in [0.15, 0.2) is 18.2 Å². The fourth-order valence-electron chi connectivity index (χ4n) is 2.37. The molecule has 3 N–H and O–H groups in total. The summed E-state index contributed by atoms with van der Waals surface area (Å²) in [4.78, 5) is 0. The van der Waals surface area contributed by atoms with E-state index in [2.05, 4.69) is 33.0 Å². The van der Waals surface area contributed by atoms with Crippen molar-refractivity contribution in [3.05, 3.63) is 18.2 Å². The molecular weight excluding hydrogens is 236 g/mol. The predicted octanol–water partition coefficient (Wildman–Crippen LogP) is 4.29. The molecule has 3 nitrogen and oxygen atoms in total. The largest absolute Gasteiger partial charge is 0.491 e. The number of nitrogen functional groups attached to an aromatic ring is 1. The number of nitrogens with two attached hydrogens (primary N) is 1. The Hall–Kier alpha value is -1.38. The second-order valence-corrected chi connectivity index (χ2v) is 5.08. The van der Waals surface area contributed by atoms with Crippen molar-refractivity contribution in [2.75, 3.05) is 17.7 Å². The zero-order valence-electron chi connectivity index (χ0n) is 12.7. The third kappa shape index (κ3) is 4.34. The van der Waals surface area contributed by atoms with Crippen molar-refractivity contribution in [3.63, 3.8) is 0 Å². The maximum atomic E-state index is 6.17. The summed E-state index contributed by atoms with van der Waals surface area (Å²) in [6.45, 7) is 9.48. The van der Waals surface area contributed by atoms with Gasteiger partial charge in [-0.15, -0.1) is 0 Å². The Morgan fingerprint density at radius 1 is 1.21 bits per heavy atom. The van der Waals surface area contributed by atoms with Gasteiger partial charge in [0.15, 0.2) is 0 Å². The summed E-state index contributed by atoms with van der Waals surface area (Å²) in [5.74, 6) is 1.45. The lowest BCUT2D eigenvalue weighted by atomic mass is 9.95. The van der Waals surface area contributed by atoms with Gasteiger partial charge in [-0.1, -0.05) is 39.7 Å². The van der Waals surface area contributed by atoms with E-state index in [1.807, 2.05) is 18.2 Å². The Balaban J connectivity index is 2.78. The summed E-state index contributed by atoms with van der Waals surface area (Å²) >= 11 is 0. The van der Waals surface area contributed by atoms with Crippen LogP contribution in [0.1, 0.15) is 47.0 Å². The molecule has 0 aliphatic rings. The first kappa shape index (κ1) is 15.7. The van der Waals surface area contributed by atoms with E-state index in [9.17, 15) is 0 Å². The average Bonchev–Trinajstić information content (AvgIpc) is 2.41. The highest BCUT2D eigenvalue weighted by Crippen LogP contribution is 2.31. The summed E-state index contributed by atoms with van der Waals surface area (Å²) in [6.07, 6.45) is 3.34. The van der Waals surface area contributed by atoms with E-state index >= 15 is 0 Å². The number of rotatable bonds is 8. The second kappa shape index (κ2) is 7.93. The lowest BCUT2D eigenvalue weighted by Gasteiger charge is -2.24. The molecule has 0 saturated heterocycles. The molecular formula is C16H28N2O. The molecule has 0 aromatic heterocycles. The molecule has 1 rings (SSSR count). The van der Waals surface area contributed by atoms with Crippen molar-refractivity contribution in [3.8, 4) is 5.75 Å². The number of benzene rings is 1. The van der Waals surface area contributed by atoms with E-state index < -0.39 is 0 Å². The summed E-state index contributed by atoms with van der Waals surface area (Å²) in [5.41, 5.74) is 7.86. The molecule has 0 radical (unpaired) electrons. The van der Waals surface area contributed by atoms with Gasteiger partial charge in [0.1, 0.15) is 5.75 Å². The molecule has 0 aliphatic carbocycles. The Morgan fingerprint density at radius 3 is 2.47 bits per heavy atom. The smallest absolute Gasteiger partial charge is 0.144 e. The lowest BCUT2D eigenvalue weighted by Crippen LogP contribution is -2.25. The van der Waals surface area contributed by atoms with Gasteiger partial charge in [0, 0.05) is 6.04 Å². The number of para-hydroxylation sites is 1. The van der Waals surface area contributed by atoms with E-state index in [4.69, 9.17) is 10.5 Å². The minimum absolute atomic E-state index is 0.415. The van der Waals surface area contributed by atoms with E-state index in [0.29, 0.717) is 24.3 Å². The van der Waals surface area contributed by atoms with Crippen LogP contribution in [-0.2, 0) is 0 Å². The van der Waals surface area contributed by atoms with Crippen LogP contribution in [0.4, 0.5) is 11.4 Å². The van der Waals surface area contributed by atoms with Crippen molar-refractivity contribution in [1.29, 1.82) is 0 Å². The Labute approximate surface area is 117 Å². The zero-order valence-corrected chi connectivity index (χ0v) is 12.7.